The minimum absolute atomic E-state index is 0.146. The number of rotatable bonds is 4. The first kappa shape index (κ1) is 9.71. The van der Waals surface area contributed by atoms with Gasteiger partial charge in [0.1, 0.15) is 0 Å². The summed E-state index contributed by atoms with van der Waals surface area (Å²) in [4.78, 5) is 1.25. The molecule has 0 aliphatic carbocycles. The number of hydrogen-bond acceptors (Lipinski definition) is 3. The highest BCUT2D eigenvalue weighted by Gasteiger charge is 2.06. The minimum Gasteiger partial charge on any atom is -0.322 e. The highest BCUT2D eigenvalue weighted by Crippen LogP contribution is 2.15. The summed E-state index contributed by atoms with van der Waals surface area (Å²) in [7, 11) is 0. The van der Waals surface area contributed by atoms with Gasteiger partial charge in [-0.05, 0) is 11.4 Å². The Morgan fingerprint density at radius 2 is 2.33 bits per heavy atom. The molecule has 1 rings (SSSR count). The molecule has 0 spiro atoms. The lowest BCUT2D eigenvalue weighted by molar-refractivity contribution is 0.541. The number of thiophene rings is 1. The third-order valence-electron chi connectivity index (χ3n) is 1.65. The van der Waals surface area contributed by atoms with Gasteiger partial charge in [0, 0.05) is 17.5 Å². The number of nitrogens with one attached hydrogen (secondary N) is 1. The average molecular weight is 184 g/mol. The van der Waals surface area contributed by atoms with Crippen molar-refractivity contribution in [1.82, 2.24) is 5.32 Å². The minimum atomic E-state index is 0.146. The lowest BCUT2D eigenvalue weighted by Crippen LogP contribution is -2.31. The third kappa shape index (κ3) is 2.93. The van der Waals surface area contributed by atoms with E-state index < -0.39 is 0 Å². The zero-order valence-electron chi connectivity index (χ0n) is 7.58. The fourth-order valence-corrected chi connectivity index (χ4v) is 1.70. The van der Waals surface area contributed by atoms with Crippen LogP contribution >= 0.6 is 11.3 Å². The standard InChI is InChI=1S/C9H16N2S/c1-7(2)11-6-8(10)9-4-3-5-12-9/h3-5,7-8,11H,6,10H2,1-2H3. The highest BCUT2D eigenvalue weighted by atomic mass is 32.1. The molecule has 0 saturated heterocycles. The molecule has 0 amide bonds. The van der Waals surface area contributed by atoms with Gasteiger partial charge in [0.15, 0.2) is 0 Å². The van der Waals surface area contributed by atoms with Crippen LogP contribution in [0.5, 0.6) is 0 Å². The summed E-state index contributed by atoms with van der Waals surface area (Å²) in [6, 6.07) is 4.77. The maximum absolute atomic E-state index is 5.94. The Kier molecular flexibility index (Phi) is 3.72. The molecule has 0 aromatic carbocycles. The number of hydrogen-bond donors (Lipinski definition) is 2. The predicted octanol–water partition coefficient (Wildman–Crippen LogP) is 1.75. The summed E-state index contributed by atoms with van der Waals surface area (Å²) in [5, 5.41) is 5.38. The Balaban J connectivity index is 2.34. The van der Waals surface area contributed by atoms with E-state index in [1.807, 2.05) is 6.07 Å². The molecule has 0 fully saturated rings. The Morgan fingerprint density at radius 1 is 1.58 bits per heavy atom. The van der Waals surface area contributed by atoms with Crippen LogP contribution in [0.1, 0.15) is 24.8 Å². The molecule has 12 heavy (non-hydrogen) atoms. The van der Waals surface area contributed by atoms with E-state index >= 15 is 0 Å². The molecular formula is C9H16N2S. The van der Waals surface area contributed by atoms with Crippen molar-refractivity contribution in [2.75, 3.05) is 6.54 Å². The second-order valence-electron chi connectivity index (χ2n) is 3.18. The van der Waals surface area contributed by atoms with Crippen molar-refractivity contribution in [2.45, 2.75) is 25.9 Å². The van der Waals surface area contributed by atoms with Crippen molar-refractivity contribution < 1.29 is 0 Å². The van der Waals surface area contributed by atoms with Gasteiger partial charge in [-0.15, -0.1) is 11.3 Å². The zero-order chi connectivity index (χ0) is 8.97. The van der Waals surface area contributed by atoms with Crippen LogP contribution in [0.25, 0.3) is 0 Å². The van der Waals surface area contributed by atoms with Gasteiger partial charge in [0.2, 0.25) is 0 Å². The molecule has 1 unspecified atom stereocenters. The summed E-state index contributed by atoms with van der Waals surface area (Å²) in [5.74, 6) is 0. The topological polar surface area (TPSA) is 38.0 Å². The molecule has 1 atom stereocenters. The Labute approximate surface area is 77.8 Å². The van der Waals surface area contributed by atoms with Gasteiger partial charge in [-0.2, -0.15) is 0 Å². The molecule has 3 heteroatoms. The first-order valence-corrected chi connectivity index (χ1v) is 5.10. The van der Waals surface area contributed by atoms with E-state index in [0.29, 0.717) is 6.04 Å². The summed E-state index contributed by atoms with van der Waals surface area (Å²) in [6.07, 6.45) is 0. The molecule has 0 aliphatic heterocycles. The molecule has 0 aliphatic rings. The molecule has 2 nitrogen and oxygen atoms in total. The lowest BCUT2D eigenvalue weighted by Gasteiger charge is -2.13. The molecule has 0 bridgehead atoms. The largest absolute Gasteiger partial charge is 0.322 e. The molecule has 1 aromatic rings. The maximum Gasteiger partial charge on any atom is 0.0516 e. The van der Waals surface area contributed by atoms with E-state index in [9.17, 15) is 0 Å². The second kappa shape index (κ2) is 4.60. The molecule has 68 valence electrons. The Hall–Kier alpha value is -0.380. The van der Waals surface area contributed by atoms with Gasteiger partial charge in [-0.3, -0.25) is 0 Å². The fourth-order valence-electron chi connectivity index (χ4n) is 0.966. The van der Waals surface area contributed by atoms with E-state index in [0.717, 1.165) is 6.54 Å². The first-order chi connectivity index (χ1) is 5.70. The Morgan fingerprint density at radius 3 is 2.83 bits per heavy atom. The normalized spacial score (nSPS) is 13.7. The van der Waals surface area contributed by atoms with Crippen LogP contribution in [0.4, 0.5) is 0 Å². The molecule has 0 radical (unpaired) electrons. The van der Waals surface area contributed by atoms with Crippen molar-refractivity contribution >= 4 is 11.3 Å². The van der Waals surface area contributed by atoms with Crippen molar-refractivity contribution in [3.63, 3.8) is 0 Å². The monoisotopic (exact) mass is 184 g/mol. The van der Waals surface area contributed by atoms with E-state index in [1.165, 1.54) is 4.88 Å². The van der Waals surface area contributed by atoms with Crippen LogP contribution < -0.4 is 11.1 Å². The SMILES string of the molecule is CC(C)NCC(N)c1cccs1. The maximum atomic E-state index is 5.94. The van der Waals surface area contributed by atoms with E-state index in [1.54, 1.807) is 11.3 Å². The van der Waals surface area contributed by atoms with Crippen molar-refractivity contribution in [3.8, 4) is 0 Å². The van der Waals surface area contributed by atoms with Gasteiger partial charge in [-0.25, -0.2) is 0 Å². The zero-order valence-corrected chi connectivity index (χ0v) is 8.40. The molecule has 3 N–H and O–H groups in total. The third-order valence-corrected chi connectivity index (χ3v) is 2.66. The van der Waals surface area contributed by atoms with Crippen molar-refractivity contribution in [3.05, 3.63) is 22.4 Å². The summed E-state index contributed by atoms with van der Waals surface area (Å²) >= 11 is 1.72. The van der Waals surface area contributed by atoms with Crippen LogP contribution in [-0.4, -0.2) is 12.6 Å². The lowest BCUT2D eigenvalue weighted by atomic mass is 10.2. The predicted molar refractivity (Wildman–Crippen MR) is 54.4 cm³/mol. The van der Waals surface area contributed by atoms with Crippen LogP contribution in [-0.2, 0) is 0 Å². The summed E-state index contributed by atoms with van der Waals surface area (Å²) in [6.45, 7) is 5.11. The van der Waals surface area contributed by atoms with Gasteiger partial charge in [-0.1, -0.05) is 19.9 Å². The van der Waals surface area contributed by atoms with Crippen LogP contribution in [0, 0.1) is 0 Å². The van der Waals surface area contributed by atoms with Crippen LogP contribution in [0.2, 0.25) is 0 Å². The second-order valence-corrected chi connectivity index (χ2v) is 4.16. The highest BCUT2D eigenvalue weighted by molar-refractivity contribution is 7.10. The summed E-state index contributed by atoms with van der Waals surface area (Å²) in [5.41, 5.74) is 5.94. The fraction of sp³-hybridized carbons (Fsp3) is 0.556. The summed E-state index contributed by atoms with van der Waals surface area (Å²) < 4.78 is 0. The molecule has 1 heterocycles. The average Bonchev–Trinajstić information content (AvgIpc) is 2.51. The van der Waals surface area contributed by atoms with Crippen LogP contribution in [0.3, 0.4) is 0 Å². The Bertz CT molecular complexity index is 206. The van der Waals surface area contributed by atoms with Gasteiger partial charge in [0.25, 0.3) is 0 Å². The van der Waals surface area contributed by atoms with Gasteiger partial charge < -0.3 is 11.1 Å². The molecule has 1 aromatic heterocycles. The van der Waals surface area contributed by atoms with Gasteiger partial charge >= 0.3 is 0 Å². The quantitative estimate of drug-likeness (QED) is 0.748. The smallest absolute Gasteiger partial charge is 0.0516 e. The van der Waals surface area contributed by atoms with E-state index in [4.69, 9.17) is 5.73 Å². The van der Waals surface area contributed by atoms with Gasteiger partial charge in [0.05, 0.1) is 6.04 Å². The first-order valence-electron chi connectivity index (χ1n) is 4.22. The van der Waals surface area contributed by atoms with Crippen molar-refractivity contribution in [1.29, 1.82) is 0 Å². The molecular weight excluding hydrogens is 168 g/mol. The number of nitrogens with two attached hydrogens (primary N) is 1. The van der Waals surface area contributed by atoms with E-state index in [2.05, 4.69) is 30.6 Å². The molecule has 0 saturated carbocycles. The van der Waals surface area contributed by atoms with Crippen LogP contribution in [0.15, 0.2) is 17.5 Å². The van der Waals surface area contributed by atoms with Crippen molar-refractivity contribution in [2.24, 2.45) is 5.73 Å². The van der Waals surface area contributed by atoms with E-state index in [-0.39, 0.29) is 6.04 Å².